The highest BCUT2D eigenvalue weighted by molar-refractivity contribution is 8.00. The van der Waals surface area contributed by atoms with Gasteiger partial charge in [0, 0.05) is 22.5 Å². The Morgan fingerprint density at radius 1 is 1.40 bits per heavy atom. The van der Waals surface area contributed by atoms with Crippen LogP contribution in [0, 0.1) is 11.3 Å². The molecule has 1 N–H and O–H groups in total. The van der Waals surface area contributed by atoms with Gasteiger partial charge in [0.1, 0.15) is 11.6 Å². The normalized spacial score (nSPS) is 13.2. The average molecular weight is 387 g/mol. The summed E-state index contributed by atoms with van der Waals surface area (Å²) >= 11 is 8.97. The zero-order valence-electron chi connectivity index (χ0n) is 13.5. The smallest absolute Gasteiger partial charge is 0.215 e. The van der Waals surface area contributed by atoms with E-state index in [1.165, 1.54) is 17.5 Å². The van der Waals surface area contributed by atoms with Crippen molar-refractivity contribution in [1.82, 2.24) is 0 Å². The van der Waals surface area contributed by atoms with E-state index in [1.807, 2.05) is 12.3 Å². The van der Waals surface area contributed by atoms with E-state index in [-0.39, 0.29) is 11.4 Å². The van der Waals surface area contributed by atoms with Gasteiger partial charge in [0.2, 0.25) is 5.78 Å². The Bertz CT molecular complexity index is 905. The summed E-state index contributed by atoms with van der Waals surface area (Å²) < 4.78 is 1.12. The molecule has 126 valence electrons. The molecule has 1 aliphatic rings. The molecule has 0 unspecified atom stereocenters. The lowest BCUT2D eigenvalue weighted by Crippen LogP contribution is -2.06. The molecule has 0 fully saturated rings. The first kappa shape index (κ1) is 17.8. The molecule has 0 spiro atoms. The van der Waals surface area contributed by atoms with Gasteiger partial charge in [-0.2, -0.15) is 5.26 Å². The van der Waals surface area contributed by atoms with E-state index in [9.17, 15) is 10.1 Å². The standard InChI is InChI=1S/C19H15ClN2OS2/c1-24-19-16-5-3-2-4-15(16)18(25-19)17(23)12(10-21)11-22-14-8-6-13(20)7-9-14/h3,5-9,11,22H,2,4H2,1H3/b12-11-. The van der Waals surface area contributed by atoms with E-state index < -0.39 is 0 Å². The number of allylic oxidation sites excluding steroid dienone is 2. The van der Waals surface area contributed by atoms with Gasteiger partial charge in [-0.1, -0.05) is 23.8 Å². The van der Waals surface area contributed by atoms with Gasteiger partial charge in [0.15, 0.2) is 0 Å². The maximum absolute atomic E-state index is 12.9. The van der Waals surface area contributed by atoms with Crippen LogP contribution >= 0.6 is 34.7 Å². The third kappa shape index (κ3) is 3.82. The first-order chi connectivity index (χ1) is 12.1. The van der Waals surface area contributed by atoms with Crippen molar-refractivity contribution < 1.29 is 4.79 Å². The Balaban J connectivity index is 1.89. The molecule has 25 heavy (non-hydrogen) atoms. The second-order valence-corrected chi connectivity index (χ2v) is 7.94. The van der Waals surface area contributed by atoms with E-state index in [2.05, 4.69) is 17.5 Å². The van der Waals surface area contributed by atoms with Crippen molar-refractivity contribution in [2.45, 2.75) is 17.1 Å². The summed E-state index contributed by atoms with van der Waals surface area (Å²) in [6.45, 7) is 0. The highest BCUT2D eigenvalue weighted by Crippen LogP contribution is 2.39. The number of rotatable bonds is 5. The Morgan fingerprint density at radius 3 is 2.84 bits per heavy atom. The van der Waals surface area contributed by atoms with Gasteiger partial charge in [-0.05, 0) is 48.9 Å². The molecule has 3 rings (SSSR count). The Labute approximate surface area is 160 Å². The molecule has 0 saturated carbocycles. The van der Waals surface area contributed by atoms with Gasteiger partial charge in [-0.3, -0.25) is 4.79 Å². The summed E-state index contributed by atoms with van der Waals surface area (Å²) in [5, 5.41) is 13.1. The number of thiophene rings is 1. The summed E-state index contributed by atoms with van der Waals surface area (Å²) in [4.78, 5) is 13.6. The molecule has 0 amide bonds. The van der Waals surface area contributed by atoms with Crippen molar-refractivity contribution in [2.24, 2.45) is 0 Å². The first-order valence-corrected chi connectivity index (χ1v) is 10.1. The Morgan fingerprint density at radius 2 is 2.16 bits per heavy atom. The highest BCUT2D eigenvalue weighted by atomic mass is 35.5. The maximum atomic E-state index is 12.9. The number of carbonyl (C=O) groups excluding carboxylic acids is 1. The molecular weight excluding hydrogens is 372 g/mol. The molecule has 1 heterocycles. The molecular formula is C19H15ClN2OS2. The van der Waals surface area contributed by atoms with Crippen molar-refractivity contribution >= 4 is 52.2 Å². The maximum Gasteiger partial charge on any atom is 0.215 e. The van der Waals surface area contributed by atoms with Gasteiger partial charge in [-0.15, -0.1) is 23.1 Å². The fourth-order valence-electron chi connectivity index (χ4n) is 2.61. The lowest BCUT2D eigenvalue weighted by molar-refractivity contribution is 0.104. The number of Topliss-reactive ketones (excluding diaryl/α,β-unsaturated/α-hetero) is 1. The Hall–Kier alpha value is -2.00. The molecule has 0 bridgehead atoms. The predicted octanol–water partition coefficient (Wildman–Crippen LogP) is 5.79. The first-order valence-electron chi connectivity index (χ1n) is 7.67. The summed E-state index contributed by atoms with van der Waals surface area (Å²) in [5.74, 6) is -0.221. The summed E-state index contributed by atoms with van der Waals surface area (Å²) in [7, 11) is 0. The summed E-state index contributed by atoms with van der Waals surface area (Å²) in [6, 6.07) is 9.10. The monoisotopic (exact) mass is 386 g/mol. The molecule has 1 aliphatic carbocycles. The third-order valence-electron chi connectivity index (χ3n) is 3.84. The van der Waals surface area contributed by atoms with Crippen LogP contribution in [0.3, 0.4) is 0 Å². The highest BCUT2D eigenvalue weighted by Gasteiger charge is 2.24. The van der Waals surface area contributed by atoms with Gasteiger partial charge >= 0.3 is 0 Å². The van der Waals surface area contributed by atoms with Crippen molar-refractivity contribution in [3.05, 3.63) is 63.1 Å². The van der Waals surface area contributed by atoms with Crippen LogP contribution in [0.1, 0.15) is 27.2 Å². The van der Waals surface area contributed by atoms with Crippen LogP contribution in [0.4, 0.5) is 5.69 Å². The molecule has 0 atom stereocenters. The number of ketones is 1. The molecule has 0 radical (unpaired) electrons. The van der Waals surface area contributed by atoms with E-state index in [0.717, 1.165) is 33.9 Å². The number of fused-ring (bicyclic) bond motifs is 1. The van der Waals surface area contributed by atoms with Crippen molar-refractivity contribution in [3.8, 4) is 6.07 Å². The van der Waals surface area contributed by atoms with Crippen LogP contribution in [0.5, 0.6) is 0 Å². The number of halogens is 1. The van der Waals surface area contributed by atoms with Gasteiger partial charge < -0.3 is 5.32 Å². The fourth-order valence-corrected chi connectivity index (χ4v) is 4.75. The molecule has 0 aliphatic heterocycles. The minimum atomic E-state index is -0.221. The zero-order chi connectivity index (χ0) is 17.8. The van der Waals surface area contributed by atoms with Crippen LogP contribution in [-0.2, 0) is 6.42 Å². The molecule has 6 heteroatoms. The van der Waals surface area contributed by atoms with E-state index in [4.69, 9.17) is 11.6 Å². The number of benzene rings is 1. The second kappa shape index (κ2) is 7.92. The van der Waals surface area contributed by atoms with Gasteiger partial charge in [0.05, 0.1) is 9.09 Å². The number of thioether (sulfide) groups is 1. The van der Waals surface area contributed by atoms with Crippen LogP contribution in [0.25, 0.3) is 6.08 Å². The Kier molecular flexibility index (Phi) is 5.64. The van der Waals surface area contributed by atoms with Crippen molar-refractivity contribution in [3.63, 3.8) is 0 Å². The summed E-state index contributed by atoms with van der Waals surface area (Å²) in [6.07, 6.45) is 9.45. The number of carbonyl (C=O) groups is 1. The minimum Gasteiger partial charge on any atom is -0.360 e. The topological polar surface area (TPSA) is 52.9 Å². The van der Waals surface area contributed by atoms with Gasteiger partial charge in [0.25, 0.3) is 0 Å². The fraction of sp³-hybridized carbons (Fsp3) is 0.158. The molecule has 0 saturated heterocycles. The largest absolute Gasteiger partial charge is 0.360 e. The van der Waals surface area contributed by atoms with Crippen LogP contribution < -0.4 is 5.32 Å². The quantitative estimate of drug-likeness (QED) is 0.306. The van der Waals surface area contributed by atoms with Crippen molar-refractivity contribution in [1.29, 1.82) is 5.26 Å². The molecule has 1 aromatic carbocycles. The lowest BCUT2D eigenvalue weighted by Gasteiger charge is -2.08. The predicted molar refractivity (Wildman–Crippen MR) is 107 cm³/mol. The number of nitrogens with zero attached hydrogens (tertiary/aromatic N) is 1. The number of hydrogen-bond acceptors (Lipinski definition) is 5. The number of hydrogen-bond donors (Lipinski definition) is 1. The van der Waals surface area contributed by atoms with Crippen LogP contribution in [-0.4, -0.2) is 12.0 Å². The lowest BCUT2D eigenvalue weighted by atomic mass is 9.97. The van der Waals surface area contributed by atoms with Crippen LogP contribution in [0.15, 0.2) is 46.3 Å². The number of nitrogens with one attached hydrogen (secondary N) is 1. The second-order valence-electron chi connectivity index (χ2n) is 5.41. The van der Waals surface area contributed by atoms with Crippen LogP contribution in [0.2, 0.25) is 5.02 Å². The zero-order valence-corrected chi connectivity index (χ0v) is 15.9. The number of anilines is 1. The number of nitriles is 1. The molecule has 1 aromatic heterocycles. The van der Waals surface area contributed by atoms with E-state index in [1.54, 1.807) is 36.0 Å². The molecule has 2 aromatic rings. The average Bonchev–Trinajstić information content (AvgIpc) is 3.02. The summed E-state index contributed by atoms with van der Waals surface area (Å²) in [5.41, 5.74) is 3.07. The van der Waals surface area contributed by atoms with Crippen molar-refractivity contribution in [2.75, 3.05) is 11.6 Å². The third-order valence-corrected chi connectivity index (χ3v) is 6.48. The SMILES string of the molecule is CSc1sc(C(=O)/C(C#N)=C\Nc2ccc(Cl)cc2)c2c1C=CCC2. The van der Waals surface area contributed by atoms with E-state index in [0.29, 0.717) is 9.90 Å². The minimum absolute atomic E-state index is 0.0983. The van der Waals surface area contributed by atoms with E-state index >= 15 is 0 Å². The van der Waals surface area contributed by atoms with Gasteiger partial charge in [-0.25, -0.2) is 0 Å². The molecule has 3 nitrogen and oxygen atoms in total.